The van der Waals surface area contributed by atoms with Gasteiger partial charge < -0.3 is 14.2 Å². The third-order valence-corrected chi connectivity index (χ3v) is 11.6. The van der Waals surface area contributed by atoms with Gasteiger partial charge in [0.1, 0.15) is 13.2 Å². The van der Waals surface area contributed by atoms with Gasteiger partial charge in [-0.1, -0.05) is 234 Å². The van der Waals surface area contributed by atoms with Crippen LogP contribution < -0.4 is 0 Å². The highest BCUT2D eigenvalue weighted by Crippen LogP contribution is 2.17. The highest BCUT2D eigenvalue weighted by molar-refractivity contribution is 5.71. The summed E-state index contributed by atoms with van der Waals surface area (Å²) >= 11 is 0. The molecule has 0 aromatic carbocycles. The molecule has 0 heterocycles. The monoisotopic (exact) mass is 793 g/mol. The molecule has 0 bridgehead atoms. The van der Waals surface area contributed by atoms with Gasteiger partial charge in [0.2, 0.25) is 0 Å². The SMILES string of the molecule is CCCCCCCCCCCCCCC(=O)OC[C@H](COC(=O)CCCCCCCCCCCC(C)C)OC(=O)CCCCCCCCCCCCC(C)CC. The van der Waals surface area contributed by atoms with E-state index in [9.17, 15) is 14.4 Å². The lowest BCUT2D eigenvalue weighted by atomic mass is 9.99. The molecule has 2 atom stereocenters. The molecule has 0 spiro atoms. The first-order valence-corrected chi connectivity index (χ1v) is 24.8. The number of rotatable bonds is 44. The van der Waals surface area contributed by atoms with Gasteiger partial charge in [0.15, 0.2) is 6.10 Å². The fraction of sp³-hybridized carbons (Fsp3) is 0.940. The van der Waals surface area contributed by atoms with Crippen LogP contribution in [-0.2, 0) is 28.6 Å². The van der Waals surface area contributed by atoms with Crippen LogP contribution in [0.5, 0.6) is 0 Å². The zero-order valence-corrected chi connectivity index (χ0v) is 38.3. The van der Waals surface area contributed by atoms with Crippen molar-refractivity contribution >= 4 is 17.9 Å². The van der Waals surface area contributed by atoms with E-state index in [4.69, 9.17) is 14.2 Å². The summed E-state index contributed by atoms with van der Waals surface area (Å²) in [6, 6.07) is 0. The van der Waals surface area contributed by atoms with Crippen molar-refractivity contribution in [2.75, 3.05) is 13.2 Å². The van der Waals surface area contributed by atoms with E-state index in [0.29, 0.717) is 19.3 Å². The molecule has 0 saturated heterocycles. The lowest BCUT2D eigenvalue weighted by Gasteiger charge is -2.18. The quantitative estimate of drug-likeness (QED) is 0.0347. The van der Waals surface area contributed by atoms with Crippen molar-refractivity contribution in [2.45, 2.75) is 278 Å². The molecule has 0 rings (SSSR count). The Morgan fingerprint density at radius 2 is 0.679 bits per heavy atom. The van der Waals surface area contributed by atoms with E-state index in [2.05, 4.69) is 34.6 Å². The maximum absolute atomic E-state index is 12.8. The topological polar surface area (TPSA) is 78.9 Å². The number of ether oxygens (including phenoxy) is 3. The number of esters is 3. The number of hydrogen-bond donors (Lipinski definition) is 0. The van der Waals surface area contributed by atoms with Crippen LogP contribution in [0.3, 0.4) is 0 Å². The van der Waals surface area contributed by atoms with Crippen LogP contribution in [0.2, 0.25) is 0 Å². The van der Waals surface area contributed by atoms with Gasteiger partial charge in [0.05, 0.1) is 0 Å². The second-order valence-electron chi connectivity index (χ2n) is 17.8. The van der Waals surface area contributed by atoms with Crippen molar-refractivity contribution < 1.29 is 28.6 Å². The van der Waals surface area contributed by atoms with Crippen LogP contribution in [0.15, 0.2) is 0 Å². The molecule has 0 radical (unpaired) electrons. The van der Waals surface area contributed by atoms with Gasteiger partial charge in [-0.15, -0.1) is 0 Å². The second-order valence-corrected chi connectivity index (χ2v) is 17.8. The molecule has 332 valence electrons. The molecular formula is C50H96O6. The Kier molecular flexibility index (Phi) is 41.8. The largest absolute Gasteiger partial charge is 0.462 e. The summed E-state index contributed by atoms with van der Waals surface area (Å²) in [6.07, 6.45) is 42.2. The molecule has 0 aliphatic heterocycles. The summed E-state index contributed by atoms with van der Waals surface area (Å²) in [5.41, 5.74) is 0. The predicted octanol–water partition coefficient (Wildman–Crippen LogP) is 15.8. The van der Waals surface area contributed by atoms with Gasteiger partial charge >= 0.3 is 17.9 Å². The molecule has 0 fully saturated rings. The molecule has 0 aromatic heterocycles. The van der Waals surface area contributed by atoms with Gasteiger partial charge in [-0.25, -0.2) is 0 Å². The zero-order chi connectivity index (χ0) is 41.2. The fourth-order valence-corrected chi connectivity index (χ4v) is 7.43. The van der Waals surface area contributed by atoms with E-state index in [1.165, 1.54) is 161 Å². The molecular weight excluding hydrogens is 697 g/mol. The Balaban J connectivity index is 4.34. The first kappa shape index (κ1) is 54.4. The van der Waals surface area contributed by atoms with Crippen LogP contribution in [0.4, 0.5) is 0 Å². The number of hydrogen-bond acceptors (Lipinski definition) is 6. The molecule has 0 amide bonds. The molecule has 6 heteroatoms. The van der Waals surface area contributed by atoms with E-state index in [-0.39, 0.29) is 31.1 Å². The first-order chi connectivity index (χ1) is 27.3. The molecule has 0 saturated carbocycles. The highest BCUT2D eigenvalue weighted by Gasteiger charge is 2.19. The summed E-state index contributed by atoms with van der Waals surface area (Å²) in [7, 11) is 0. The minimum absolute atomic E-state index is 0.0643. The second kappa shape index (κ2) is 43.0. The summed E-state index contributed by atoms with van der Waals surface area (Å²) in [4.78, 5) is 37.8. The molecule has 0 aliphatic carbocycles. The highest BCUT2D eigenvalue weighted by atomic mass is 16.6. The van der Waals surface area contributed by atoms with Gasteiger partial charge in [0.25, 0.3) is 0 Å². The summed E-state index contributed by atoms with van der Waals surface area (Å²) < 4.78 is 16.8. The minimum atomic E-state index is -0.761. The maximum atomic E-state index is 12.8. The normalized spacial score (nSPS) is 12.5. The van der Waals surface area contributed by atoms with Crippen molar-refractivity contribution in [3.05, 3.63) is 0 Å². The van der Waals surface area contributed by atoms with E-state index in [1.54, 1.807) is 0 Å². The number of carbonyl (C=O) groups is 3. The van der Waals surface area contributed by atoms with Gasteiger partial charge in [0, 0.05) is 19.3 Å². The third kappa shape index (κ3) is 42.0. The first-order valence-electron chi connectivity index (χ1n) is 24.8. The lowest BCUT2D eigenvalue weighted by molar-refractivity contribution is -0.167. The Labute approximate surface area is 348 Å². The third-order valence-electron chi connectivity index (χ3n) is 11.6. The number of carbonyl (C=O) groups excluding carboxylic acids is 3. The predicted molar refractivity (Wildman–Crippen MR) is 238 cm³/mol. The van der Waals surface area contributed by atoms with E-state index in [0.717, 1.165) is 69.6 Å². The van der Waals surface area contributed by atoms with Crippen LogP contribution >= 0.6 is 0 Å². The average molecular weight is 793 g/mol. The Bertz CT molecular complexity index is 856. The number of unbranched alkanes of at least 4 members (excludes halogenated alkanes) is 28. The molecule has 6 nitrogen and oxygen atoms in total. The van der Waals surface area contributed by atoms with E-state index < -0.39 is 6.10 Å². The Morgan fingerprint density at radius 1 is 0.375 bits per heavy atom. The van der Waals surface area contributed by atoms with Gasteiger partial charge in [-0.3, -0.25) is 14.4 Å². The Morgan fingerprint density at radius 3 is 1.02 bits per heavy atom. The van der Waals surface area contributed by atoms with Crippen molar-refractivity contribution in [2.24, 2.45) is 11.8 Å². The van der Waals surface area contributed by atoms with Crippen LogP contribution in [-0.4, -0.2) is 37.2 Å². The summed E-state index contributed by atoms with van der Waals surface area (Å²) in [5, 5.41) is 0. The standard InChI is InChI=1S/C50H96O6/c1-6-8-9-10-11-12-13-14-20-25-30-35-40-48(51)54-43-47(44-55-49(52)41-36-31-26-22-17-18-23-28-33-38-45(3)4)56-50(53)42-37-32-27-21-16-15-19-24-29-34-39-46(5)7-2/h45-47H,6-44H2,1-5H3/t46?,47-/m1/s1. The molecule has 0 aromatic rings. The van der Waals surface area contributed by atoms with Crippen molar-refractivity contribution in [3.63, 3.8) is 0 Å². The maximum Gasteiger partial charge on any atom is 0.306 e. The van der Waals surface area contributed by atoms with E-state index in [1.807, 2.05) is 0 Å². The fourth-order valence-electron chi connectivity index (χ4n) is 7.43. The average Bonchev–Trinajstić information content (AvgIpc) is 3.18. The van der Waals surface area contributed by atoms with Gasteiger partial charge in [-0.2, -0.15) is 0 Å². The minimum Gasteiger partial charge on any atom is -0.462 e. The lowest BCUT2D eigenvalue weighted by Crippen LogP contribution is -2.30. The smallest absolute Gasteiger partial charge is 0.306 e. The zero-order valence-electron chi connectivity index (χ0n) is 38.3. The van der Waals surface area contributed by atoms with Crippen LogP contribution in [0.1, 0.15) is 272 Å². The van der Waals surface area contributed by atoms with Crippen LogP contribution in [0, 0.1) is 11.8 Å². The van der Waals surface area contributed by atoms with Crippen LogP contribution in [0.25, 0.3) is 0 Å². The molecule has 1 unspecified atom stereocenters. The van der Waals surface area contributed by atoms with Crippen molar-refractivity contribution in [1.29, 1.82) is 0 Å². The van der Waals surface area contributed by atoms with Crippen molar-refractivity contribution in [3.8, 4) is 0 Å². The summed E-state index contributed by atoms with van der Waals surface area (Å²) in [6.45, 7) is 11.4. The van der Waals surface area contributed by atoms with Gasteiger partial charge in [-0.05, 0) is 31.1 Å². The summed E-state index contributed by atoms with van der Waals surface area (Å²) in [5.74, 6) is 0.823. The van der Waals surface area contributed by atoms with Crippen molar-refractivity contribution in [1.82, 2.24) is 0 Å². The molecule has 0 N–H and O–H groups in total. The molecule has 0 aliphatic rings. The van der Waals surface area contributed by atoms with E-state index >= 15 is 0 Å². The Hall–Kier alpha value is -1.59. The molecule has 56 heavy (non-hydrogen) atoms.